The molecule has 0 aliphatic carbocycles. The Bertz CT molecular complexity index is 397. The van der Waals surface area contributed by atoms with Crippen molar-refractivity contribution in [1.82, 2.24) is 9.88 Å². The van der Waals surface area contributed by atoms with Crippen LogP contribution in [0.3, 0.4) is 0 Å². The van der Waals surface area contributed by atoms with Gasteiger partial charge in [-0.05, 0) is 39.3 Å². The average Bonchev–Trinajstić information content (AvgIpc) is 2.29. The summed E-state index contributed by atoms with van der Waals surface area (Å²) < 4.78 is 0. The zero-order valence-electron chi connectivity index (χ0n) is 10.1. The number of hydrogen-bond donors (Lipinski definition) is 1. The van der Waals surface area contributed by atoms with E-state index in [2.05, 4.69) is 23.7 Å². The lowest BCUT2D eigenvalue weighted by molar-refractivity contribution is 0.111. The Labute approximate surface area is 96.5 Å². The van der Waals surface area contributed by atoms with Crippen LogP contribution in [-0.4, -0.2) is 22.5 Å². The van der Waals surface area contributed by atoms with Crippen molar-refractivity contribution in [2.45, 2.75) is 45.2 Å². The molecule has 2 rings (SSSR count). The standard InChI is InChI=1S/C13H20N2O/c1-10(2)15-9-4-3-7-12(15)11-6-5-8-14-13(11)16/h5-6,8,10,12H,3-4,7,9H2,1-2H3,(H,14,16). The molecule has 3 nitrogen and oxygen atoms in total. The van der Waals surface area contributed by atoms with E-state index in [1.165, 1.54) is 12.8 Å². The van der Waals surface area contributed by atoms with Crippen LogP contribution in [0.2, 0.25) is 0 Å². The first-order valence-electron chi connectivity index (χ1n) is 6.13. The highest BCUT2D eigenvalue weighted by Crippen LogP contribution is 2.30. The predicted molar refractivity (Wildman–Crippen MR) is 65.5 cm³/mol. The summed E-state index contributed by atoms with van der Waals surface area (Å²) in [6, 6.07) is 4.69. The van der Waals surface area contributed by atoms with Crippen molar-refractivity contribution >= 4 is 0 Å². The molecule has 0 saturated carbocycles. The Morgan fingerprint density at radius 2 is 2.25 bits per heavy atom. The van der Waals surface area contributed by atoms with Crippen molar-refractivity contribution in [2.75, 3.05) is 6.54 Å². The van der Waals surface area contributed by atoms with Crippen LogP contribution in [0.4, 0.5) is 0 Å². The Balaban J connectivity index is 2.30. The van der Waals surface area contributed by atoms with E-state index >= 15 is 0 Å². The topological polar surface area (TPSA) is 36.1 Å². The summed E-state index contributed by atoms with van der Waals surface area (Å²) in [4.78, 5) is 17.0. The lowest BCUT2D eigenvalue weighted by Crippen LogP contribution is -2.40. The molecule has 1 aromatic rings. The number of aromatic amines is 1. The Morgan fingerprint density at radius 1 is 1.44 bits per heavy atom. The number of rotatable bonds is 2. The third kappa shape index (κ3) is 2.19. The number of likely N-dealkylation sites (tertiary alicyclic amines) is 1. The molecule has 0 bridgehead atoms. The van der Waals surface area contributed by atoms with Crippen LogP contribution < -0.4 is 5.56 Å². The lowest BCUT2D eigenvalue weighted by Gasteiger charge is -2.38. The molecule has 0 spiro atoms. The van der Waals surface area contributed by atoms with Gasteiger partial charge < -0.3 is 4.98 Å². The van der Waals surface area contributed by atoms with Gasteiger partial charge in [0.15, 0.2) is 0 Å². The number of aromatic nitrogens is 1. The summed E-state index contributed by atoms with van der Waals surface area (Å²) >= 11 is 0. The second-order valence-electron chi connectivity index (χ2n) is 4.80. The van der Waals surface area contributed by atoms with Crippen LogP contribution in [0.5, 0.6) is 0 Å². The molecule has 0 aromatic carbocycles. The third-order valence-electron chi connectivity index (χ3n) is 3.42. The first-order valence-corrected chi connectivity index (χ1v) is 6.13. The molecule has 2 heterocycles. The van der Waals surface area contributed by atoms with E-state index in [9.17, 15) is 4.79 Å². The lowest BCUT2D eigenvalue weighted by atomic mass is 9.95. The van der Waals surface area contributed by atoms with E-state index in [0.29, 0.717) is 12.1 Å². The van der Waals surface area contributed by atoms with Gasteiger partial charge in [-0.15, -0.1) is 0 Å². The smallest absolute Gasteiger partial charge is 0.252 e. The molecule has 88 valence electrons. The molecule has 16 heavy (non-hydrogen) atoms. The number of nitrogens with zero attached hydrogens (tertiary/aromatic N) is 1. The van der Waals surface area contributed by atoms with Gasteiger partial charge in [0.2, 0.25) is 0 Å². The van der Waals surface area contributed by atoms with E-state index in [1.54, 1.807) is 6.20 Å². The fourth-order valence-corrected chi connectivity index (χ4v) is 2.60. The van der Waals surface area contributed by atoms with Gasteiger partial charge in [-0.1, -0.05) is 12.5 Å². The van der Waals surface area contributed by atoms with Crippen LogP contribution in [0.15, 0.2) is 23.1 Å². The van der Waals surface area contributed by atoms with Crippen LogP contribution in [0.1, 0.15) is 44.7 Å². The molecule has 1 aromatic heterocycles. The van der Waals surface area contributed by atoms with E-state index in [-0.39, 0.29) is 5.56 Å². The fourth-order valence-electron chi connectivity index (χ4n) is 2.60. The van der Waals surface area contributed by atoms with Gasteiger partial charge in [0, 0.05) is 23.8 Å². The molecule has 3 heteroatoms. The van der Waals surface area contributed by atoms with Crippen LogP contribution in [0, 0.1) is 0 Å². The van der Waals surface area contributed by atoms with Crippen molar-refractivity contribution in [2.24, 2.45) is 0 Å². The highest BCUT2D eigenvalue weighted by Gasteiger charge is 2.27. The zero-order valence-corrected chi connectivity index (χ0v) is 10.1. The van der Waals surface area contributed by atoms with Crippen molar-refractivity contribution in [3.8, 4) is 0 Å². The summed E-state index contributed by atoms with van der Waals surface area (Å²) in [5, 5.41) is 0. The number of hydrogen-bond acceptors (Lipinski definition) is 2. The number of pyridine rings is 1. The first kappa shape index (κ1) is 11.4. The summed E-state index contributed by atoms with van der Waals surface area (Å²) in [7, 11) is 0. The van der Waals surface area contributed by atoms with E-state index in [1.807, 2.05) is 12.1 Å². The van der Waals surface area contributed by atoms with Gasteiger partial charge in [-0.3, -0.25) is 9.69 Å². The molecular weight excluding hydrogens is 200 g/mol. The van der Waals surface area contributed by atoms with Gasteiger partial charge in [0.25, 0.3) is 5.56 Å². The molecule has 1 N–H and O–H groups in total. The molecule has 0 radical (unpaired) electrons. The van der Waals surface area contributed by atoms with Gasteiger partial charge in [0.05, 0.1) is 0 Å². The Hall–Kier alpha value is -1.09. The van der Waals surface area contributed by atoms with Crippen LogP contribution >= 0.6 is 0 Å². The Morgan fingerprint density at radius 3 is 2.94 bits per heavy atom. The third-order valence-corrected chi connectivity index (χ3v) is 3.42. The van der Waals surface area contributed by atoms with Crippen molar-refractivity contribution in [3.05, 3.63) is 34.2 Å². The highest BCUT2D eigenvalue weighted by atomic mass is 16.1. The van der Waals surface area contributed by atoms with Gasteiger partial charge in [-0.2, -0.15) is 0 Å². The molecule has 1 fully saturated rings. The van der Waals surface area contributed by atoms with E-state index in [4.69, 9.17) is 0 Å². The average molecular weight is 220 g/mol. The second-order valence-corrected chi connectivity index (χ2v) is 4.80. The van der Waals surface area contributed by atoms with Crippen LogP contribution in [0.25, 0.3) is 0 Å². The van der Waals surface area contributed by atoms with Crippen LogP contribution in [-0.2, 0) is 0 Å². The highest BCUT2D eigenvalue weighted by molar-refractivity contribution is 5.15. The largest absolute Gasteiger partial charge is 0.329 e. The minimum atomic E-state index is 0.0695. The normalized spacial score (nSPS) is 22.6. The molecule has 1 atom stereocenters. The van der Waals surface area contributed by atoms with Gasteiger partial charge >= 0.3 is 0 Å². The monoisotopic (exact) mass is 220 g/mol. The zero-order chi connectivity index (χ0) is 11.5. The number of piperidine rings is 1. The summed E-state index contributed by atoms with van der Waals surface area (Å²) in [5.74, 6) is 0. The molecule has 1 unspecified atom stereocenters. The quantitative estimate of drug-likeness (QED) is 0.830. The molecule has 1 aliphatic heterocycles. The number of H-pyrrole nitrogens is 1. The minimum absolute atomic E-state index is 0.0695. The molecule has 0 amide bonds. The first-order chi connectivity index (χ1) is 7.70. The fraction of sp³-hybridized carbons (Fsp3) is 0.615. The van der Waals surface area contributed by atoms with Crippen molar-refractivity contribution in [1.29, 1.82) is 0 Å². The molecular formula is C13H20N2O. The van der Waals surface area contributed by atoms with Gasteiger partial charge in [0.1, 0.15) is 0 Å². The Kier molecular flexibility index (Phi) is 3.44. The minimum Gasteiger partial charge on any atom is -0.329 e. The predicted octanol–water partition coefficient (Wildman–Crippen LogP) is 2.31. The number of nitrogens with one attached hydrogen (secondary N) is 1. The summed E-state index contributed by atoms with van der Waals surface area (Å²) in [5.41, 5.74) is 0.996. The molecule has 1 aliphatic rings. The summed E-state index contributed by atoms with van der Waals surface area (Å²) in [6.45, 7) is 5.52. The molecule has 1 saturated heterocycles. The van der Waals surface area contributed by atoms with Crippen molar-refractivity contribution < 1.29 is 0 Å². The van der Waals surface area contributed by atoms with Gasteiger partial charge in [-0.25, -0.2) is 0 Å². The maximum Gasteiger partial charge on any atom is 0.252 e. The maximum absolute atomic E-state index is 11.8. The summed E-state index contributed by atoms with van der Waals surface area (Å²) in [6.07, 6.45) is 5.28. The van der Waals surface area contributed by atoms with E-state index in [0.717, 1.165) is 18.5 Å². The van der Waals surface area contributed by atoms with Crippen molar-refractivity contribution in [3.63, 3.8) is 0 Å². The maximum atomic E-state index is 11.8. The second kappa shape index (κ2) is 4.83. The SMILES string of the molecule is CC(C)N1CCCCC1c1ccc[nH]c1=O. The van der Waals surface area contributed by atoms with E-state index < -0.39 is 0 Å².